The standard InChI is InChI=1S/C15H18FNO2/c16-15-10-13(3-1-6-18)9-14(11-15)12-17-4-2-7-19-8-5-17/h9-11,18H,2,4-8,12H2. The van der Waals surface area contributed by atoms with E-state index in [-0.39, 0.29) is 12.4 Å². The van der Waals surface area contributed by atoms with E-state index in [1.54, 1.807) is 0 Å². The number of rotatable bonds is 2. The van der Waals surface area contributed by atoms with Crippen LogP contribution in [0.25, 0.3) is 0 Å². The van der Waals surface area contributed by atoms with Gasteiger partial charge >= 0.3 is 0 Å². The molecule has 1 aliphatic rings. The van der Waals surface area contributed by atoms with E-state index < -0.39 is 0 Å². The summed E-state index contributed by atoms with van der Waals surface area (Å²) in [5.41, 5.74) is 1.51. The molecule has 0 unspecified atom stereocenters. The molecule has 1 heterocycles. The minimum absolute atomic E-state index is 0.213. The summed E-state index contributed by atoms with van der Waals surface area (Å²) in [6, 6.07) is 4.80. The highest BCUT2D eigenvalue weighted by molar-refractivity contribution is 5.37. The number of aliphatic hydroxyl groups is 1. The van der Waals surface area contributed by atoms with Crippen molar-refractivity contribution >= 4 is 0 Å². The number of benzene rings is 1. The van der Waals surface area contributed by atoms with E-state index >= 15 is 0 Å². The summed E-state index contributed by atoms with van der Waals surface area (Å²) in [7, 11) is 0. The fourth-order valence-electron chi connectivity index (χ4n) is 2.17. The maximum absolute atomic E-state index is 13.5. The van der Waals surface area contributed by atoms with E-state index in [4.69, 9.17) is 9.84 Å². The monoisotopic (exact) mass is 263 g/mol. The minimum Gasteiger partial charge on any atom is -0.384 e. The highest BCUT2D eigenvalue weighted by atomic mass is 19.1. The van der Waals surface area contributed by atoms with Gasteiger partial charge in [0.15, 0.2) is 0 Å². The van der Waals surface area contributed by atoms with Gasteiger partial charge in [0, 0.05) is 31.8 Å². The number of ether oxygens (including phenoxy) is 1. The molecule has 1 aliphatic heterocycles. The molecule has 0 aromatic heterocycles. The van der Waals surface area contributed by atoms with Crippen LogP contribution in [-0.2, 0) is 11.3 Å². The molecular formula is C15H18FNO2. The summed E-state index contributed by atoms with van der Waals surface area (Å²) >= 11 is 0. The molecule has 0 radical (unpaired) electrons. The van der Waals surface area contributed by atoms with Gasteiger partial charge in [-0.2, -0.15) is 0 Å². The minimum atomic E-state index is -0.286. The Labute approximate surface area is 113 Å². The third-order valence-corrected chi connectivity index (χ3v) is 2.99. The lowest BCUT2D eigenvalue weighted by molar-refractivity contribution is 0.140. The van der Waals surface area contributed by atoms with Crippen LogP contribution in [-0.4, -0.2) is 42.9 Å². The second-order valence-electron chi connectivity index (χ2n) is 4.55. The normalized spacial score (nSPS) is 16.5. The van der Waals surface area contributed by atoms with Crippen LogP contribution in [0.1, 0.15) is 17.5 Å². The van der Waals surface area contributed by atoms with Crippen molar-refractivity contribution < 1.29 is 14.2 Å². The topological polar surface area (TPSA) is 32.7 Å². The average Bonchev–Trinajstić information content (AvgIpc) is 2.64. The third kappa shape index (κ3) is 4.64. The molecule has 1 N–H and O–H groups in total. The van der Waals surface area contributed by atoms with Gasteiger partial charge in [0.25, 0.3) is 0 Å². The molecular weight excluding hydrogens is 245 g/mol. The zero-order valence-corrected chi connectivity index (χ0v) is 10.9. The fraction of sp³-hybridized carbons (Fsp3) is 0.467. The lowest BCUT2D eigenvalue weighted by atomic mass is 10.1. The zero-order chi connectivity index (χ0) is 13.5. The number of halogens is 1. The van der Waals surface area contributed by atoms with E-state index in [1.807, 2.05) is 6.07 Å². The smallest absolute Gasteiger partial charge is 0.124 e. The lowest BCUT2D eigenvalue weighted by Crippen LogP contribution is -2.25. The van der Waals surface area contributed by atoms with Crippen molar-refractivity contribution in [3.8, 4) is 11.8 Å². The number of hydrogen-bond donors (Lipinski definition) is 1. The maximum atomic E-state index is 13.5. The van der Waals surface area contributed by atoms with Gasteiger partial charge in [-0.1, -0.05) is 11.8 Å². The van der Waals surface area contributed by atoms with Gasteiger partial charge < -0.3 is 9.84 Å². The highest BCUT2D eigenvalue weighted by Gasteiger charge is 2.10. The quantitative estimate of drug-likeness (QED) is 0.819. The second kappa shape index (κ2) is 7.25. The van der Waals surface area contributed by atoms with Crippen LogP contribution in [0.3, 0.4) is 0 Å². The van der Waals surface area contributed by atoms with Gasteiger partial charge in [-0.3, -0.25) is 4.90 Å². The molecule has 1 saturated heterocycles. The molecule has 0 amide bonds. The summed E-state index contributed by atoms with van der Waals surface area (Å²) in [4.78, 5) is 2.25. The Kier molecular flexibility index (Phi) is 5.34. The van der Waals surface area contributed by atoms with Gasteiger partial charge in [0.2, 0.25) is 0 Å². The van der Waals surface area contributed by atoms with Crippen LogP contribution in [0.2, 0.25) is 0 Å². The molecule has 4 heteroatoms. The molecule has 19 heavy (non-hydrogen) atoms. The summed E-state index contributed by atoms with van der Waals surface area (Å²) in [6.07, 6.45) is 1.01. The Balaban J connectivity index is 2.08. The van der Waals surface area contributed by atoms with E-state index in [9.17, 15) is 4.39 Å². The van der Waals surface area contributed by atoms with Gasteiger partial charge in [-0.05, 0) is 30.2 Å². The first-order valence-corrected chi connectivity index (χ1v) is 6.47. The van der Waals surface area contributed by atoms with Gasteiger partial charge in [-0.15, -0.1) is 0 Å². The van der Waals surface area contributed by atoms with Gasteiger partial charge in [0.1, 0.15) is 12.4 Å². The molecule has 3 nitrogen and oxygen atoms in total. The molecule has 0 spiro atoms. The summed E-state index contributed by atoms with van der Waals surface area (Å²) in [5, 5.41) is 8.67. The molecule has 2 rings (SSSR count). The molecule has 0 saturated carbocycles. The van der Waals surface area contributed by atoms with Crippen molar-refractivity contribution in [2.45, 2.75) is 13.0 Å². The molecule has 1 aromatic rings. The first-order valence-electron chi connectivity index (χ1n) is 6.47. The maximum Gasteiger partial charge on any atom is 0.124 e. The van der Waals surface area contributed by atoms with Crippen molar-refractivity contribution in [1.29, 1.82) is 0 Å². The van der Waals surface area contributed by atoms with Crippen molar-refractivity contribution in [3.05, 3.63) is 35.1 Å². The SMILES string of the molecule is OCC#Cc1cc(F)cc(CN2CCCOCC2)c1. The van der Waals surface area contributed by atoms with E-state index in [0.717, 1.165) is 38.3 Å². The molecule has 0 bridgehead atoms. The predicted molar refractivity (Wildman–Crippen MR) is 71.1 cm³/mol. The van der Waals surface area contributed by atoms with Crippen molar-refractivity contribution in [2.24, 2.45) is 0 Å². The Morgan fingerprint density at radius 2 is 2.16 bits per heavy atom. The average molecular weight is 263 g/mol. The zero-order valence-electron chi connectivity index (χ0n) is 10.9. The molecule has 0 atom stereocenters. The largest absolute Gasteiger partial charge is 0.384 e. The molecule has 102 valence electrons. The molecule has 1 aromatic carbocycles. The van der Waals surface area contributed by atoms with Crippen LogP contribution in [0.15, 0.2) is 18.2 Å². The Morgan fingerprint density at radius 3 is 3.00 bits per heavy atom. The van der Waals surface area contributed by atoms with E-state index in [0.29, 0.717) is 12.1 Å². The number of hydrogen-bond acceptors (Lipinski definition) is 3. The number of aliphatic hydroxyl groups excluding tert-OH is 1. The van der Waals surface area contributed by atoms with Crippen LogP contribution in [0, 0.1) is 17.7 Å². The fourth-order valence-corrected chi connectivity index (χ4v) is 2.17. The van der Waals surface area contributed by atoms with Crippen LogP contribution >= 0.6 is 0 Å². The highest BCUT2D eigenvalue weighted by Crippen LogP contribution is 2.12. The Hall–Kier alpha value is -1.41. The van der Waals surface area contributed by atoms with E-state index in [2.05, 4.69) is 16.7 Å². The van der Waals surface area contributed by atoms with Crippen molar-refractivity contribution in [1.82, 2.24) is 4.90 Å². The third-order valence-electron chi connectivity index (χ3n) is 2.99. The predicted octanol–water partition coefficient (Wildman–Crippen LogP) is 1.39. The number of nitrogens with zero attached hydrogens (tertiary/aromatic N) is 1. The second-order valence-corrected chi connectivity index (χ2v) is 4.55. The molecule has 0 aliphatic carbocycles. The van der Waals surface area contributed by atoms with Gasteiger partial charge in [0.05, 0.1) is 6.61 Å². The van der Waals surface area contributed by atoms with Crippen LogP contribution < -0.4 is 0 Å². The summed E-state index contributed by atoms with van der Waals surface area (Å²) in [6.45, 7) is 3.85. The Bertz CT molecular complexity index is 471. The van der Waals surface area contributed by atoms with Crippen LogP contribution in [0.5, 0.6) is 0 Å². The van der Waals surface area contributed by atoms with E-state index in [1.165, 1.54) is 12.1 Å². The first-order chi connectivity index (χ1) is 9.28. The van der Waals surface area contributed by atoms with Crippen LogP contribution in [0.4, 0.5) is 4.39 Å². The van der Waals surface area contributed by atoms with Crippen molar-refractivity contribution in [3.63, 3.8) is 0 Å². The summed E-state index contributed by atoms with van der Waals surface area (Å²) in [5.74, 6) is 4.99. The van der Waals surface area contributed by atoms with Gasteiger partial charge in [-0.25, -0.2) is 4.39 Å². The lowest BCUT2D eigenvalue weighted by Gasteiger charge is -2.19. The molecule has 1 fully saturated rings. The first kappa shape index (κ1) is 14.0. The summed E-state index contributed by atoms with van der Waals surface area (Å²) < 4.78 is 18.9. The Morgan fingerprint density at radius 1 is 1.26 bits per heavy atom. The van der Waals surface area contributed by atoms with Crippen molar-refractivity contribution in [2.75, 3.05) is 32.9 Å².